The lowest BCUT2D eigenvalue weighted by molar-refractivity contribution is 0.494. The second-order valence-corrected chi connectivity index (χ2v) is 3.30. The summed E-state index contributed by atoms with van der Waals surface area (Å²) in [7, 11) is 0. The van der Waals surface area contributed by atoms with Gasteiger partial charge in [-0.2, -0.15) is 0 Å². The molecule has 0 bridgehead atoms. The van der Waals surface area contributed by atoms with Gasteiger partial charge in [0.25, 0.3) is 0 Å². The summed E-state index contributed by atoms with van der Waals surface area (Å²) in [6.07, 6.45) is 3.83. The van der Waals surface area contributed by atoms with Gasteiger partial charge in [-0.3, -0.25) is 9.98 Å². The maximum absolute atomic E-state index is 4.04. The molecule has 0 atom stereocenters. The number of likely N-dealkylation sites (N-methyl/N-ethyl adjacent to an activating group) is 2. The van der Waals surface area contributed by atoms with Crippen molar-refractivity contribution in [3.63, 3.8) is 0 Å². The van der Waals surface area contributed by atoms with Crippen molar-refractivity contribution in [1.29, 1.82) is 0 Å². The Hall–Kier alpha value is -0.480. The van der Waals surface area contributed by atoms with Gasteiger partial charge in [0.05, 0.1) is 25.8 Å². The average molecular weight is 269 g/mol. The fraction of sp³-hybridized carbons (Fsp3) is 0.800. The summed E-state index contributed by atoms with van der Waals surface area (Å²) in [6, 6.07) is 0. The van der Waals surface area contributed by atoms with E-state index in [0.717, 1.165) is 39.3 Å². The lowest BCUT2D eigenvalue weighted by atomic mass is 10.6. The van der Waals surface area contributed by atoms with Gasteiger partial charge in [0.1, 0.15) is 0 Å². The molecule has 2 heterocycles. The predicted molar refractivity (Wildman–Crippen MR) is 75.7 cm³/mol. The van der Waals surface area contributed by atoms with E-state index in [1.165, 1.54) is 0 Å². The molecule has 6 heteroatoms. The molecule has 0 spiro atoms. The molecule has 2 aliphatic rings. The molecule has 0 amide bonds. The lowest BCUT2D eigenvalue weighted by Gasteiger charge is -2.07. The van der Waals surface area contributed by atoms with Crippen LogP contribution in [0.3, 0.4) is 0 Å². The zero-order chi connectivity index (χ0) is 10.2. The van der Waals surface area contributed by atoms with Crippen molar-refractivity contribution in [1.82, 2.24) is 9.80 Å². The molecule has 0 aliphatic carbocycles. The third kappa shape index (κ3) is 6.90. The van der Waals surface area contributed by atoms with E-state index in [2.05, 4.69) is 33.6 Å². The van der Waals surface area contributed by atoms with Crippen molar-refractivity contribution < 1.29 is 0 Å². The minimum Gasteiger partial charge on any atom is -0.361 e. The van der Waals surface area contributed by atoms with Gasteiger partial charge in [0.2, 0.25) is 0 Å². The number of nitrogens with zero attached hydrogens (tertiary/aromatic N) is 4. The first-order valence-electron chi connectivity index (χ1n) is 5.34. The average Bonchev–Trinajstić information content (AvgIpc) is 2.92. The summed E-state index contributed by atoms with van der Waals surface area (Å²) in [4.78, 5) is 12.5. The number of halogens is 2. The maximum Gasteiger partial charge on any atom is 0.0851 e. The van der Waals surface area contributed by atoms with E-state index in [4.69, 9.17) is 0 Å². The van der Waals surface area contributed by atoms with Crippen molar-refractivity contribution in [2.24, 2.45) is 9.98 Å². The summed E-state index contributed by atoms with van der Waals surface area (Å²) in [6.45, 7) is 10.7. The molecule has 16 heavy (non-hydrogen) atoms. The van der Waals surface area contributed by atoms with Crippen molar-refractivity contribution in [2.75, 3.05) is 39.3 Å². The Morgan fingerprint density at radius 1 is 0.875 bits per heavy atom. The van der Waals surface area contributed by atoms with Crippen LogP contribution in [0.1, 0.15) is 13.8 Å². The molecule has 2 aliphatic heterocycles. The van der Waals surface area contributed by atoms with Gasteiger partial charge in [0.15, 0.2) is 0 Å². The highest BCUT2D eigenvalue weighted by Gasteiger charge is 1.99. The summed E-state index contributed by atoms with van der Waals surface area (Å²) in [5, 5.41) is 0. The first-order valence-corrected chi connectivity index (χ1v) is 5.34. The second-order valence-electron chi connectivity index (χ2n) is 3.30. The maximum atomic E-state index is 4.04. The molecule has 0 fully saturated rings. The molecule has 0 N–H and O–H groups in total. The van der Waals surface area contributed by atoms with Gasteiger partial charge in [-0.1, -0.05) is 0 Å². The highest BCUT2D eigenvalue weighted by atomic mass is 35.5. The van der Waals surface area contributed by atoms with E-state index in [9.17, 15) is 0 Å². The molecule has 2 rings (SSSR count). The van der Waals surface area contributed by atoms with Gasteiger partial charge in [-0.05, 0) is 13.8 Å². The number of hydrogen-bond acceptors (Lipinski definition) is 4. The van der Waals surface area contributed by atoms with E-state index < -0.39 is 0 Å². The van der Waals surface area contributed by atoms with Crippen LogP contribution in [0.15, 0.2) is 9.98 Å². The van der Waals surface area contributed by atoms with Crippen LogP contribution in [0.5, 0.6) is 0 Å². The lowest BCUT2D eigenvalue weighted by Crippen LogP contribution is -2.18. The second kappa shape index (κ2) is 11.0. The number of aliphatic imine (C=N–C) groups is 2. The Labute approximate surface area is 111 Å². The predicted octanol–water partition coefficient (Wildman–Crippen LogP) is 1.54. The van der Waals surface area contributed by atoms with Gasteiger partial charge >= 0.3 is 0 Å². The third-order valence-electron chi connectivity index (χ3n) is 2.33. The van der Waals surface area contributed by atoms with Crippen molar-refractivity contribution in [2.45, 2.75) is 13.8 Å². The van der Waals surface area contributed by atoms with Crippen LogP contribution >= 0.6 is 24.8 Å². The summed E-state index contributed by atoms with van der Waals surface area (Å²) < 4.78 is 0. The molecule has 4 nitrogen and oxygen atoms in total. The van der Waals surface area contributed by atoms with Crippen LogP contribution in [0.4, 0.5) is 0 Å². The molecule has 0 radical (unpaired) electrons. The quantitative estimate of drug-likeness (QED) is 0.761. The van der Waals surface area contributed by atoms with Crippen LogP contribution in [0, 0.1) is 0 Å². The van der Waals surface area contributed by atoms with Crippen LogP contribution in [-0.2, 0) is 0 Å². The van der Waals surface area contributed by atoms with Crippen LogP contribution in [-0.4, -0.2) is 61.7 Å². The van der Waals surface area contributed by atoms with Crippen LogP contribution < -0.4 is 0 Å². The molecular formula is C10H22Cl2N4. The van der Waals surface area contributed by atoms with Gasteiger partial charge in [0, 0.05) is 26.2 Å². The van der Waals surface area contributed by atoms with Gasteiger partial charge in [-0.25, -0.2) is 0 Å². The Morgan fingerprint density at radius 2 is 1.25 bits per heavy atom. The monoisotopic (exact) mass is 268 g/mol. The Balaban J connectivity index is 0. The zero-order valence-corrected chi connectivity index (χ0v) is 11.6. The van der Waals surface area contributed by atoms with Crippen molar-refractivity contribution in [3.8, 4) is 0 Å². The fourth-order valence-electron chi connectivity index (χ4n) is 1.31. The van der Waals surface area contributed by atoms with Crippen LogP contribution in [0.25, 0.3) is 0 Å². The molecule has 0 aromatic rings. The minimum absolute atomic E-state index is 0. The SMILES string of the molecule is CCN1C=NCC1.CCN1C=NCC1.Cl.Cl. The molecular weight excluding hydrogens is 247 g/mol. The zero-order valence-electron chi connectivity index (χ0n) is 10.0. The molecule has 0 aromatic heterocycles. The highest BCUT2D eigenvalue weighted by Crippen LogP contribution is 1.89. The standard InChI is InChI=1S/2C5H10N2.2ClH/c2*1-2-7-4-3-6-5-7;;/h2*5H,2-4H2,1H3;2*1H. The van der Waals surface area contributed by atoms with Gasteiger partial charge in [-0.15, -0.1) is 24.8 Å². The van der Waals surface area contributed by atoms with E-state index in [0.29, 0.717) is 0 Å². The van der Waals surface area contributed by atoms with Crippen LogP contribution in [0.2, 0.25) is 0 Å². The summed E-state index contributed by atoms with van der Waals surface area (Å²) in [5.74, 6) is 0. The van der Waals surface area contributed by atoms with Gasteiger partial charge < -0.3 is 9.80 Å². The minimum atomic E-state index is 0. The third-order valence-corrected chi connectivity index (χ3v) is 2.33. The smallest absolute Gasteiger partial charge is 0.0851 e. The summed E-state index contributed by atoms with van der Waals surface area (Å²) in [5.41, 5.74) is 0. The van der Waals surface area contributed by atoms with E-state index in [1.807, 2.05) is 12.7 Å². The Kier molecular flexibility index (Phi) is 12.3. The molecule has 96 valence electrons. The number of rotatable bonds is 2. The van der Waals surface area contributed by atoms with E-state index >= 15 is 0 Å². The molecule has 0 unspecified atom stereocenters. The van der Waals surface area contributed by atoms with Crippen molar-refractivity contribution >= 4 is 37.5 Å². The van der Waals surface area contributed by atoms with E-state index in [-0.39, 0.29) is 24.8 Å². The first kappa shape index (κ1) is 17.9. The topological polar surface area (TPSA) is 31.2 Å². The number of hydrogen-bond donors (Lipinski definition) is 0. The fourth-order valence-corrected chi connectivity index (χ4v) is 1.31. The molecule has 0 aromatic carbocycles. The van der Waals surface area contributed by atoms with E-state index in [1.54, 1.807) is 0 Å². The highest BCUT2D eigenvalue weighted by molar-refractivity contribution is 5.85. The summed E-state index contributed by atoms with van der Waals surface area (Å²) >= 11 is 0. The normalized spacial score (nSPS) is 16.4. The Bertz CT molecular complexity index is 187. The molecule has 0 saturated heterocycles. The Morgan fingerprint density at radius 3 is 1.38 bits per heavy atom. The molecule has 0 saturated carbocycles. The first-order chi connectivity index (χ1) is 6.86. The van der Waals surface area contributed by atoms with Crippen molar-refractivity contribution in [3.05, 3.63) is 0 Å². The largest absolute Gasteiger partial charge is 0.361 e.